The number of hydrogen-bond acceptors (Lipinski definition) is 5. The van der Waals surface area contributed by atoms with Gasteiger partial charge in [-0.3, -0.25) is 9.59 Å². The Morgan fingerprint density at radius 3 is 2.61 bits per heavy atom. The van der Waals surface area contributed by atoms with E-state index < -0.39 is 0 Å². The first-order chi connectivity index (χ1) is 13.6. The number of carbonyl (C=O) groups is 2. The van der Waals surface area contributed by atoms with Gasteiger partial charge >= 0.3 is 0 Å². The minimum absolute atomic E-state index is 0.0265. The molecule has 7 heteroatoms. The molecular weight excluding hydrogens is 360 g/mol. The van der Waals surface area contributed by atoms with E-state index in [0.29, 0.717) is 36.1 Å². The highest BCUT2D eigenvalue weighted by atomic mass is 16.5. The summed E-state index contributed by atoms with van der Waals surface area (Å²) in [6.45, 7) is 2.22. The molecule has 0 spiro atoms. The van der Waals surface area contributed by atoms with Crippen LogP contribution in [0.2, 0.25) is 0 Å². The second-order valence-corrected chi connectivity index (χ2v) is 7.42. The van der Waals surface area contributed by atoms with Crippen LogP contribution in [0.5, 0.6) is 11.5 Å². The van der Waals surface area contributed by atoms with Gasteiger partial charge in [0.05, 0.1) is 19.9 Å². The summed E-state index contributed by atoms with van der Waals surface area (Å²) in [4.78, 5) is 26.7. The predicted molar refractivity (Wildman–Crippen MR) is 106 cm³/mol. The zero-order valence-electron chi connectivity index (χ0n) is 16.7. The first-order valence-electron chi connectivity index (χ1n) is 10.0. The first kappa shape index (κ1) is 20.5. The van der Waals surface area contributed by atoms with Crippen molar-refractivity contribution >= 4 is 17.5 Å². The number of nitrogens with zero attached hydrogens (tertiary/aromatic N) is 1. The molecule has 0 aromatic heterocycles. The Morgan fingerprint density at radius 2 is 1.96 bits per heavy atom. The topological polar surface area (TPSA) is 77.1 Å². The van der Waals surface area contributed by atoms with E-state index in [4.69, 9.17) is 14.2 Å². The molecule has 1 aromatic rings. The second-order valence-electron chi connectivity index (χ2n) is 7.42. The van der Waals surface area contributed by atoms with Gasteiger partial charge < -0.3 is 24.4 Å². The molecule has 154 valence electrons. The average Bonchev–Trinajstić information content (AvgIpc) is 3.27. The van der Waals surface area contributed by atoms with Gasteiger partial charge in [-0.2, -0.15) is 0 Å². The van der Waals surface area contributed by atoms with E-state index in [2.05, 4.69) is 5.32 Å². The van der Waals surface area contributed by atoms with E-state index in [0.717, 1.165) is 45.2 Å². The first-order valence-corrected chi connectivity index (χ1v) is 10.0. The van der Waals surface area contributed by atoms with Crippen LogP contribution in [-0.2, 0) is 14.3 Å². The molecule has 2 aliphatic heterocycles. The lowest BCUT2D eigenvalue weighted by Gasteiger charge is -2.33. The molecule has 3 rings (SSSR count). The van der Waals surface area contributed by atoms with Crippen LogP contribution in [0, 0.1) is 5.92 Å². The lowest BCUT2D eigenvalue weighted by Crippen LogP contribution is -2.43. The third-order valence-electron chi connectivity index (χ3n) is 5.59. The number of methoxy groups -OCH3 is 2. The van der Waals surface area contributed by atoms with Crippen LogP contribution in [0.3, 0.4) is 0 Å². The van der Waals surface area contributed by atoms with Gasteiger partial charge in [0.15, 0.2) is 0 Å². The van der Waals surface area contributed by atoms with Gasteiger partial charge in [0.1, 0.15) is 17.6 Å². The van der Waals surface area contributed by atoms with Crippen molar-refractivity contribution in [3.63, 3.8) is 0 Å². The number of ether oxygens (including phenoxy) is 3. The van der Waals surface area contributed by atoms with Gasteiger partial charge in [0.2, 0.25) is 5.91 Å². The highest BCUT2D eigenvalue weighted by molar-refractivity contribution is 5.92. The lowest BCUT2D eigenvalue weighted by atomic mass is 9.91. The highest BCUT2D eigenvalue weighted by Gasteiger charge is 2.30. The molecule has 0 unspecified atom stereocenters. The Bertz CT molecular complexity index is 679. The summed E-state index contributed by atoms with van der Waals surface area (Å²) in [7, 11) is 3.16. The fourth-order valence-electron chi connectivity index (χ4n) is 3.87. The van der Waals surface area contributed by atoms with Crippen molar-refractivity contribution in [2.45, 2.75) is 44.6 Å². The molecule has 7 nitrogen and oxygen atoms in total. The van der Waals surface area contributed by atoms with Crippen molar-refractivity contribution in [1.82, 2.24) is 4.90 Å². The van der Waals surface area contributed by atoms with Crippen molar-refractivity contribution in [1.29, 1.82) is 0 Å². The molecule has 0 bridgehead atoms. The molecule has 2 fully saturated rings. The number of nitrogens with one attached hydrogen (secondary N) is 1. The van der Waals surface area contributed by atoms with Gasteiger partial charge in [-0.25, -0.2) is 0 Å². The van der Waals surface area contributed by atoms with Crippen LogP contribution in [0.15, 0.2) is 18.2 Å². The van der Waals surface area contributed by atoms with Gasteiger partial charge in [-0.05, 0) is 50.2 Å². The lowest BCUT2D eigenvalue weighted by molar-refractivity contribution is -0.142. The van der Waals surface area contributed by atoms with Gasteiger partial charge in [-0.1, -0.05) is 0 Å². The van der Waals surface area contributed by atoms with Crippen molar-refractivity contribution in [3.8, 4) is 11.5 Å². The zero-order chi connectivity index (χ0) is 19.9. The summed E-state index contributed by atoms with van der Waals surface area (Å²) < 4.78 is 16.0. The summed E-state index contributed by atoms with van der Waals surface area (Å²) in [5.74, 6) is 1.84. The summed E-state index contributed by atoms with van der Waals surface area (Å²) >= 11 is 0. The van der Waals surface area contributed by atoms with Crippen LogP contribution in [0.25, 0.3) is 0 Å². The molecule has 1 aromatic carbocycles. The largest absolute Gasteiger partial charge is 0.497 e. The molecule has 1 atom stereocenters. The monoisotopic (exact) mass is 390 g/mol. The van der Waals surface area contributed by atoms with Gasteiger partial charge in [-0.15, -0.1) is 0 Å². The molecule has 2 aliphatic rings. The number of carbonyl (C=O) groups excluding carboxylic acids is 2. The van der Waals surface area contributed by atoms with Crippen molar-refractivity contribution in [2.24, 2.45) is 5.92 Å². The summed E-state index contributed by atoms with van der Waals surface area (Å²) in [5, 5.41) is 2.92. The second kappa shape index (κ2) is 9.78. The van der Waals surface area contributed by atoms with Crippen LogP contribution in [0.1, 0.15) is 38.5 Å². The maximum Gasteiger partial charge on any atom is 0.251 e. The van der Waals surface area contributed by atoms with Gasteiger partial charge in [0, 0.05) is 32.2 Å². The number of rotatable bonds is 7. The summed E-state index contributed by atoms with van der Waals surface area (Å²) in [5.41, 5.74) is 0.644. The standard InChI is InChI=1S/C21H30N2O5/c1-26-16-6-7-17(19(14-16)27-2)22-20(24)8-5-15-9-11-23(12-10-15)21(25)18-4-3-13-28-18/h6-7,14-15,18H,3-5,8-13H2,1-2H3,(H,22,24)/t18-/m0/s1. The third kappa shape index (κ3) is 5.16. The van der Waals surface area contributed by atoms with Crippen LogP contribution >= 0.6 is 0 Å². The molecule has 0 radical (unpaired) electrons. The number of anilines is 1. The molecule has 2 heterocycles. The molecule has 2 saturated heterocycles. The highest BCUT2D eigenvalue weighted by Crippen LogP contribution is 2.30. The molecular formula is C21H30N2O5. The Hall–Kier alpha value is -2.28. The average molecular weight is 390 g/mol. The summed E-state index contributed by atoms with van der Waals surface area (Å²) in [6.07, 6.45) is 4.75. The van der Waals surface area contributed by atoms with Gasteiger partial charge in [0.25, 0.3) is 5.91 Å². The molecule has 0 saturated carbocycles. The van der Waals surface area contributed by atoms with E-state index >= 15 is 0 Å². The van der Waals surface area contributed by atoms with E-state index in [1.165, 1.54) is 0 Å². The molecule has 0 aliphatic carbocycles. The van der Waals surface area contributed by atoms with Crippen molar-refractivity contribution in [2.75, 3.05) is 39.2 Å². The maximum atomic E-state index is 12.4. The van der Waals surface area contributed by atoms with Crippen molar-refractivity contribution in [3.05, 3.63) is 18.2 Å². The SMILES string of the molecule is COc1ccc(NC(=O)CCC2CCN(C(=O)[C@@H]3CCCO3)CC2)c(OC)c1. The van der Waals surface area contributed by atoms with Crippen LogP contribution in [0.4, 0.5) is 5.69 Å². The zero-order valence-corrected chi connectivity index (χ0v) is 16.7. The number of likely N-dealkylation sites (tertiary alicyclic amines) is 1. The van der Waals surface area contributed by atoms with Crippen LogP contribution < -0.4 is 14.8 Å². The minimum Gasteiger partial charge on any atom is -0.497 e. The van der Waals surface area contributed by atoms with E-state index in [9.17, 15) is 9.59 Å². The van der Waals surface area contributed by atoms with Crippen molar-refractivity contribution < 1.29 is 23.8 Å². The molecule has 2 amide bonds. The van der Waals surface area contributed by atoms with Crippen LogP contribution in [-0.4, -0.2) is 56.7 Å². The number of benzene rings is 1. The Labute approximate surface area is 166 Å². The Morgan fingerprint density at radius 1 is 1.18 bits per heavy atom. The van der Waals surface area contributed by atoms with E-state index in [1.807, 2.05) is 4.90 Å². The number of amides is 2. The predicted octanol–water partition coefficient (Wildman–Crippen LogP) is 2.84. The minimum atomic E-state index is -0.234. The maximum absolute atomic E-state index is 12.4. The summed E-state index contributed by atoms with van der Waals surface area (Å²) in [6, 6.07) is 5.32. The van der Waals surface area contributed by atoms with E-state index in [1.54, 1.807) is 32.4 Å². The smallest absolute Gasteiger partial charge is 0.251 e. The fourth-order valence-corrected chi connectivity index (χ4v) is 3.87. The third-order valence-corrected chi connectivity index (χ3v) is 5.59. The number of piperidine rings is 1. The Kier molecular flexibility index (Phi) is 7.14. The number of hydrogen-bond donors (Lipinski definition) is 1. The Balaban J connectivity index is 1.41. The quantitative estimate of drug-likeness (QED) is 0.775. The fraction of sp³-hybridized carbons (Fsp3) is 0.619. The molecule has 1 N–H and O–H groups in total. The molecule has 28 heavy (non-hydrogen) atoms. The van der Waals surface area contributed by atoms with E-state index in [-0.39, 0.29) is 17.9 Å². The normalized spacial score (nSPS) is 20.1.